The Morgan fingerprint density at radius 1 is 0.611 bits per heavy atom. The van der Waals surface area contributed by atoms with Gasteiger partial charge < -0.3 is 0 Å². The molecular formula is C14H6F2O2. The zero-order chi connectivity index (χ0) is 12.9. The molecule has 0 saturated carbocycles. The zero-order valence-corrected chi connectivity index (χ0v) is 9.04. The van der Waals surface area contributed by atoms with E-state index in [4.69, 9.17) is 0 Å². The maximum Gasteiger partial charge on any atom is 0.234 e. The highest BCUT2D eigenvalue weighted by Gasteiger charge is 2.30. The van der Waals surface area contributed by atoms with Crippen molar-refractivity contribution in [2.75, 3.05) is 0 Å². The van der Waals surface area contributed by atoms with Crippen molar-refractivity contribution in [3.05, 3.63) is 59.2 Å². The topological polar surface area (TPSA) is 34.1 Å². The van der Waals surface area contributed by atoms with Crippen molar-refractivity contribution in [1.29, 1.82) is 0 Å². The Morgan fingerprint density at radius 2 is 1.00 bits per heavy atom. The normalized spacial score (nSPS) is 13.2. The minimum atomic E-state index is -0.691. The fraction of sp³-hybridized carbons (Fsp3) is 0. The summed E-state index contributed by atoms with van der Waals surface area (Å²) in [5.41, 5.74) is 0.738. The lowest BCUT2D eigenvalue weighted by atomic mass is 9.84. The maximum atomic E-state index is 13.2. The average Bonchev–Trinajstić information content (AvgIpc) is 2.36. The van der Waals surface area contributed by atoms with Gasteiger partial charge in [-0.15, -0.1) is 0 Å². The van der Waals surface area contributed by atoms with Crippen LogP contribution in [0.1, 0.15) is 20.7 Å². The van der Waals surface area contributed by atoms with Crippen LogP contribution in [0.4, 0.5) is 8.78 Å². The molecule has 2 aromatic carbocycles. The molecule has 1 aliphatic rings. The Labute approximate surface area is 101 Å². The molecule has 0 radical (unpaired) electrons. The van der Waals surface area contributed by atoms with Crippen LogP contribution in [0, 0.1) is 11.6 Å². The quantitative estimate of drug-likeness (QED) is 0.667. The lowest BCUT2D eigenvalue weighted by Gasteiger charge is -2.17. The zero-order valence-electron chi connectivity index (χ0n) is 9.04. The smallest absolute Gasteiger partial charge is 0.234 e. The van der Waals surface area contributed by atoms with Crippen molar-refractivity contribution in [2.45, 2.75) is 0 Å². The second kappa shape index (κ2) is 3.57. The number of Topliss-reactive ketones (excluding diaryl/α,β-unsaturated/α-hetero) is 2. The summed E-state index contributed by atoms with van der Waals surface area (Å²) >= 11 is 0. The van der Waals surface area contributed by atoms with Crippen LogP contribution in [0.5, 0.6) is 0 Å². The van der Waals surface area contributed by atoms with Crippen molar-refractivity contribution in [3.8, 4) is 11.1 Å². The van der Waals surface area contributed by atoms with Gasteiger partial charge in [-0.3, -0.25) is 9.59 Å². The van der Waals surface area contributed by atoms with Crippen LogP contribution >= 0.6 is 0 Å². The Morgan fingerprint density at radius 3 is 1.39 bits per heavy atom. The molecule has 0 N–H and O–H groups in total. The molecule has 0 spiro atoms. The highest BCUT2D eigenvalue weighted by molar-refractivity contribution is 6.52. The van der Waals surface area contributed by atoms with Crippen LogP contribution in [0.25, 0.3) is 11.1 Å². The number of fused-ring (bicyclic) bond motifs is 3. The third-order valence-electron chi connectivity index (χ3n) is 2.95. The standard InChI is InChI=1S/C14H6F2O2/c15-7-1-3-9-11(5-7)12-6-8(16)2-4-10(12)14(18)13(9)17/h1-6H. The number of carbonyl (C=O) groups excluding carboxylic acids is 2. The molecule has 0 bridgehead atoms. The first-order valence-corrected chi connectivity index (χ1v) is 5.26. The van der Waals surface area contributed by atoms with Gasteiger partial charge in [0.15, 0.2) is 0 Å². The Hall–Kier alpha value is -2.36. The van der Waals surface area contributed by atoms with Gasteiger partial charge in [0, 0.05) is 11.1 Å². The highest BCUT2D eigenvalue weighted by atomic mass is 19.1. The van der Waals surface area contributed by atoms with E-state index in [0.29, 0.717) is 0 Å². The van der Waals surface area contributed by atoms with Crippen LogP contribution in [0.3, 0.4) is 0 Å². The van der Waals surface area contributed by atoms with Crippen LogP contribution in [-0.4, -0.2) is 11.6 Å². The minimum Gasteiger partial charge on any atom is -0.285 e. The Bertz CT molecular complexity index is 643. The maximum absolute atomic E-state index is 13.2. The monoisotopic (exact) mass is 244 g/mol. The summed E-state index contributed by atoms with van der Waals surface area (Å²) in [7, 11) is 0. The summed E-state index contributed by atoms with van der Waals surface area (Å²) < 4.78 is 26.4. The molecule has 0 atom stereocenters. The third-order valence-corrected chi connectivity index (χ3v) is 2.95. The molecule has 0 fully saturated rings. The lowest BCUT2D eigenvalue weighted by Crippen LogP contribution is -2.21. The van der Waals surface area contributed by atoms with E-state index in [2.05, 4.69) is 0 Å². The molecule has 0 amide bonds. The van der Waals surface area contributed by atoms with E-state index in [1.807, 2.05) is 0 Å². The molecule has 0 saturated heterocycles. The molecule has 1 aliphatic carbocycles. The molecule has 0 aliphatic heterocycles. The fourth-order valence-electron chi connectivity index (χ4n) is 2.12. The predicted octanol–water partition coefficient (Wildman–Crippen LogP) is 3.01. The van der Waals surface area contributed by atoms with Gasteiger partial charge in [-0.05, 0) is 47.5 Å². The number of hydrogen-bond donors (Lipinski definition) is 0. The average molecular weight is 244 g/mol. The minimum absolute atomic E-state index is 0.111. The second-order valence-corrected chi connectivity index (χ2v) is 4.04. The SMILES string of the molecule is O=C1C(=O)c2ccc(F)cc2-c2cc(F)ccc21. The van der Waals surface area contributed by atoms with Crippen LogP contribution < -0.4 is 0 Å². The van der Waals surface area contributed by atoms with Crippen molar-refractivity contribution >= 4 is 11.6 Å². The van der Waals surface area contributed by atoms with Crippen molar-refractivity contribution < 1.29 is 18.4 Å². The first-order valence-electron chi connectivity index (χ1n) is 5.26. The van der Waals surface area contributed by atoms with Gasteiger partial charge in [0.1, 0.15) is 11.6 Å². The van der Waals surface area contributed by atoms with Gasteiger partial charge in [-0.25, -0.2) is 8.78 Å². The van der Waals surface area contributed by atoms with E-state index in [-0.39, 0.29) is 22.3 Å². The van der Waals surface area contributed by atoms with E-state index >= 15 is 0 Å². The molecule has 4 heteroatoms. The molecule has 88 valence electrons. The van der Waals surface area contributed by atoms with E-state index in [1.165, 1.54) is 12.1 Å². The highest BCUT2D eigenvalue weighted by Crippen LogP contribution is 2.34. The second-order valence-electron chi connectivity index (χ2n) is 4.04. The van der Waals surface area contributed by atoms with Crippen LogP contribution in [0.15, 0.2) is 36.4 Å². The van der Waals surface area contributed by atoms with E-state index in [1.54, 1.807) is 0 Å². The van der Waals surface area contributed by atoms with Crippen molar-refractivity contribution in [2.24, 2.45) is 0 Å². The van der Waals surface area contributed by atoms with E-state index < -0.39 is 23.2 Å². The molecule has 2 nitrogen and oxygen atoms in total. The third kappa shape index (κ3) is 1.39. The molecule has 0 unspecified atom stereocenters. The first kappa shape index (κ1) is 10.8. The Kier molecular flexibility index (Phi) is 2.13. The first-order chi connectivity index (χ1) is 8.58. The number of halogens is 2. The molecule has 2 aromatic rings. The largest absolute Gasteiger partial charge is 0.285 e. The molecule has 18 heavy (non-hydrogen) atoms. The Balaban J connectivity index is 2.40. The summed E-state index contributed by atoms with van der Waals surface area (Å²) in [4.78, 5) is 23.6. The molecule has 0 heterocycles. The summed E-state index contributed by atoms with van der Waals surface area (Å²) in [6.07, 6.45) is 0. The van der Waals surface area contributed by atoms with Crippen LogP contribution in [-0.2, 0) is 0 Å². The lowest BCUT2D eigenvalue weighted by molar-refractivity contribution is 0.0815. The van der Waals surface area contributed by atoms with Crippen LogP contribution in [0.2, 0.25) is 0 Å². The van der Waals surface area contributed by atoms with E-state index in [9.17, 15) is 18.4 Å². The number of benzene rings is 2. The van der Waals surface area contributed by atoms with Gasteiger partial charge in [0.25, 0.3) is 0 Å². The van der Waals surface area contributed by atoms with Crippen molar-refractivity contribution in [1.82, 2.24) is 0 Å². The summed E-state index contributed by atoms with van der Waals surface area (Å²) in [5.74, 6) is -2.45. The summed E-state index contributed by atoms with van der Waals surface area (Å²) in [6, 6.07) is 6.98. The fourth-order valence-corrected chi connectivity index (χ4v) is 2.12. The number of carbonyl (C=O) groups is 2. The number of rotatable bonds is 0. The van der Waals surface area contributed by atoms with Gasteiger partial charge in [-0.1, -0.05) is 0 Å². The van der Waals surface area contributed by atoms with Crippen molar-refractivity contribution in [3.63, 3.8) is 0 Å². The number of ketones is 2. The molecule has 3 rings (SSSR count). The van der Waals surface area contributed by atoms with Gasteiger partial charge >= 0.3 is 0 Å². The number of hydrogen-bond acceptors (Lipinski definition) is 2. The molecule has 0 aromatic heterocycles. The van der Waals surface area contributed by atoms with E-state index in [0.717, 1.165) is 24.3 Å². The predicted molar refractivity (Wildman–Crippen MR) is 60.5 cm³/mol. The summed E-state index contributed by atoms with van der Waals surface area (Å²) in [6.45, 7) is 0. The van der Waals surface area contributed by atoms with Gasteiger partial charge in [-0.2, -0.15) is 0 Å². The molecular weight excluding hydrogens is 238 g/mol. The van der Waals surface area contributed by atoms with Gasteiger partial charge in [0.2, 0.25) is 11.6 Å². The van der Waals surface area contributed by atoms with Gasteiger partial charge in [0.05, 0.1) is 0 Å². The summed E-state index contributed by atoms with van der Waals surface area (Å²) in [5, 5.41) is 0.